The predicted molar refractivity (Wildman–Crippen MR) is 71.5 cm³/mol. The van der Waals surface area contributed by atoms with Gasteiger partial charge in [0.05, 0.1) is 6.54 Å². The second-order valence-electron chi connectivity index (χ2n) is 5.07. The lowest BCUT2D eigenvalue weighted by Crippen LogP contribution is -2.35. The molecule has 2 N–H and O–H groups in total. The Kier molecular flexibility index (Phi) is 3.17. The zero-order valence-corrected chi connectivity index (χ0v) is 11.3. The molecule has 7 nitrogen and oxygen atoms in total. The SMILES string of the molecule is Cc1ccc(CN(C(=O)Cn2cnc(N)n2)C2CC2)o1. The van der Waals surface area contributed by atoms with E-state index in [1.54, 1.807) is 0 Å². The summed E-state index contributed by atoms with van der Waals surface area (Å²) in [6.07, 6.45) is 3.56. The van der Waals surface area contributed by atoms with Crippen molar-refractivity contribution in [3.63, 3.8) is 0 Å². The number of nitrogens with zero attached hydrogens (tertiary/aromatic N) is 4. The van der Waals surface area contributed by atoms with Crippen LogP contribution in [0.4, 0.5) is 5.95 Å². The van der Waals surface area contributed by atoms with Gasteiger partial charge in [0, 0.05) is 6.04 Å². The first-order valence-corrected chi connectivity index (χ1v) is 6.61. The van der Waals surface area contributed by atoms with Crippen molar-refractivity contribution >= 4 is 11.9 Å². The molecule has 0 aromatic carbocycles. The number of nitrogen functional groups attached to an aromatic ring is 1. The van der Waals surface area contributed by atoms with Crippen LogP contribution in [0, 0.1) is 6.92 Å². The maximum Gasteiger partial charge on any atom is 0.245 e. The Bertz CT molecular complexity index is 614. The summed E-state index contributed by atoms with van der Waals surface area (Å²) in [5, 5.41) is 3.94. The zero-order valence-electron chi connectivity index (χ0n) is 11.3. The van der Waals surface area contributed by atoms with Crippen molar-refractivity contribution in [1.29, 1.82) is 0 Å². The number of rotatable bonds is 5. The molecule has 0 bridgehead atoms. The van der Waals surface area contributed by atoms with Crippen LogP contribution in [0.5, 0.6) is 0 Å². The molecule has 2 aromatic rings. The van der Waals surface area contributed by atoms with Gasteiger partial charge in [-0.05, 0) is 31.9 Å². The molecule has 0 spiro atoms. The second-order valence-corrected chi connectivity index (χ2v) is 5.07. The van der Waals surface area contributed by atoms with Gasteiger partial charge in [-0.3, -0.25) is 4.79 Å². The van der Waals surface area contributed by atoms with Crippen LogP contribution in [0.25, 0.3) is 0 Å². The average Bonchev–Trinajstić information content (AvgIpc) is 3.04. The van der Waals surface area contributed by atoms with Crippen molar-refractivity contribution in [2.45, 2.75) is 38.9 Å². The van der Waals surface area contributed by atoms with Crippen LogP contribution in [0.3, 0.4) is 0 Å². The summed E-state index contributed by atoms with van der Waals surface area (Å²) in [7, 11) is 0. The van der Waals surface area contributed by atoms with Gasteiger partial charge in [0.2, 0.25) is 11.9 Å². The summed E-state index contributed by atoms with van der Waals surface area (Å²) in [4.78, 5) is 18.0. The molecule has 0 saturated heterocycles. The molecule has 0 unspecified atom stereocenters. The average molecular weight is 275 g/mol. The van der Waals surface area contributed by atoms with E-state index in [0.717, 1.165) is 24.4 Å². The topological polar surface area (TPSA) is 90.2 Å². The predicted octanol–water partition coefficient (Wildman–Crippen LogP) is 0.953. The Morgan fingerprint density at radius 2 is 2.35 bits per heavy atom. The quantitative estimate of drug-likeness (QED) is 0.877. The van der Waals surface area contributed by atoms with Gasteiger partial charge in [0.25, 0.3) is 0 Å². The molecule has 20 heavy (non-hydrogen) atoms. The van der Waals surface area contributed by atoms with Crippen molar-refractivity contribution in [3.05, 3.63) is 30.0 Å². The van der Waals surface area contributed by atoms with Crippen LogP contribution < -0.4 is 5.73 Å². The molecular formula is C13H17N5O2. The number of anilines is 1. The first kappa shape index (κ1) is 12.7. The van der Waals surface area contributed by atoms with E-state index in [9.17, 15) is 4.79 Å². The van der Waals surface area contributed by atoms with Gasteiger partial charge in [-0.15, -0.1) is 5.10 Å². The fraction of sp³-hybridized carbons (Fsp3) is 0.462. The highest BCUT2D eigenvalue weighted by Crippen LogP contribution is 2.29. The molecule has 1 amide bonds. The summed E-state index contributed by atoms with van der Waals surface area (Å²) in [6, 6.07) is 4.13. The number of furan rings is 1. The number of amides is 1. The number of aryl methyl sites for hydroxylation is 1. The molecule has 0 atom stereocenters. The van der Waals surface area contributed by atoms with Crippen LogP contribution in [-0.2, 0) is 17.9 Å². The van der Waals surface area contributed by atoms with Gasteiger partial charge in [0.1, 0.15) is 24.4 Å². The lowest BCUT2D eigenvalue weighted by atomic mass is 10.3. The van der Waals surface area contributed by atoms with Gasteiger partial charge in [-0.25, -0.2) is 9.67 Å². The van der Waals surface area contributed by atoms with Gasteiger partial charge in [-0.2, -0.15) is 0 Å². The number of carbonyl (C=O) groups excluding carboxylic acids is 1. The van der Waals surface area contributed by atoms with Crippen LogP contribution in [0.15, 0.2) is 22.9 Å². The first-order chi connectivity index (χ1) is 9.61. The van der Waals surface area contributed by atoms with E-state index in [-0.39, 0.29) is 18.4 Å². The molecule has 2 aromatic heterocycles. The third-order valence-electron chi connectivity index (χ3n) is 3.28. The van der Waals surface area contributed by atoms with Crippen molar-refractivity contribution in [3.8, 4) is 0 Å². The third kappa shape index (κ3) is 2.81. The maximum atomic E-state index is 12.4. The second kappa shape index (κ2) is 4.99. The maximum absolute atomic E-state index is 12.4. The third-order valence-corrected chi connectivity index (χ3v) is 3.28. The Morgan fingerprint density at radius 3 is 2.90 bits per heavy atom. The highest BCUT2D eigenvalue weighted by Gasteiger charge is 2.33. The summed E-state index contributed by atoms with van der Waals surface area (Å²) in [5.41, 5.74) is 5.45. The fourth-order valence-corrected chi connectivity index (χ4v) is 2.16. The first-order valence-electron chi connectivity index (χ1n) is 6.61. The van der Waals surface area contributed by atoms with Gasteiger partial charge < -0.3 is 15.1 Å². The summed E-state index contributed by atoms with van der Waals surface area (Å²) < 4.78 is 7.01. The smallest absolute Gasteiger partial charge is 0.245 e. The van der Waals surface area contributed by atoms with Crippen LogP contribution in [0.1, 0.15) is 24.4 Å². The van der Waals surface area contributed by atoms with E-state index in [1.807, 2.05) is 24.0 Å². The van der Waals surface area contributed by atoms with Crippen molar-refractivity contribution in [1.82, 2.24) is 19.7 Å². The molecule has 0 aliphatic heterocycles. The number of carbonyl (C=O) groups is 1. The van der Waals surface area contributed by atoms with E-state index in [4.69, 9.17) is 10.2 Å². The van der Waals surface area contributed by atoms with E-state index in [0.29, 0.717) is 12.6 Å². The lowest BCUT2D eigenvalue weighted by molar-refractivity contribution is -0.133. The summed E-state index contributed by atoms with van der Waals surface area (Å²) in [5.74, 6) is 1.84. The Labute approximate surface area is 116 Å². The normalized spacial score (nSPS) is 14.4. The molecule has 1 saturated carbocycles. The number of aromatic nitrogens is 3. The minimum absolute atomic E-state index is 0.00598. The van der Waals surface area contributed by atoms with E-state index >= 15 is 0 Å². The molecule has 1 aliphatic rings. The van der Waals surface area contributed by atoms with Crippen molar-refractivity contribution in [2.24, 2.45) is 0 Å². The molecular weight excluding hydrogens is 258 g/mol. The molecule has 106 valence electrons. The largest absolute Gasteiger partial charge is 0.464 e. The molecule has 1 aliphatic carbocycles. The van der Waals surface area contributed by atoms with Crippen molar-refractivity contribution in [2.75, 3.05) is 5.73 Å². The summed E-state index contributed by atoms with van der Waals surface area (Å²) >= 11 is 0. The molecule has 3 rings (SSSR count). The lowest BCUT2D eigenvalue weighted by Gasteiger charge is -2.21. The van der Waals surface area contributed by atoms with Gasteiger partial charge >= 0.3 is 0 Å². The van der Waals surface area contributed by atoms with Gasteiger partial charge in [0.15, 0.2) is 0 Å². The molecule has 0 radical (unpaired) electrons. The molecule has 1 fully saturated rings. The van der Waals surface area contributed by atoms with E-state index in [2.05, 4.69) is 10.1 Å². The van der Waals surface area contributed by atoms with E-state index in [1.165, 1.54) is 11.0 Å². The van der Waals surface area contributed by atoms with Crippen LogP contribution >= 0.6 is 0 Å². The minimum Gasteiger partial charge on any atom is -0.464 e. The standard InChI is InChI=1S/C13H17N5O2/c1-9-2-5-11(20-9)6-18(10-3-4-10)12(19)7-17-8-15-13(14)16-17/h2,5,8,10H,3-4,6-7H2,1H3,(H2,14,16). The number of nitrogens with two attached hydrogens (primary N) is 1. The zero-order chi connectivity index (χ0) is 14.1. The Hall–Kier alpha value is -2.31. The van der Waals surface area contributed by atoms with E-state index < -0.39 is 0 Å². The highest BCUT2D eigenvalue weighted by atomic mass is 16.3. The number of hydrogen-bond acceptors (Lipinski definition) is 5. The highest BCUT2D eigenvalue weighted by molar-refractivity contribution is 5.76. The number of hydrogen-bond donors (Lipinski definition) is 1. The minimum atomic E-state index is 0.00598. The fourth-order valence-electron chi connectivity index (χ4n) is 2.16. The molecule has 7 heteroatoms. The van der Waals surface area contributed by atoms with Gasteiger partial charge in [-0.1, -0.05) is 0 Å². The Balaban J connectivity index is 1.68. The molecule has 2 heterocycles. The van der Waals surface area contributed by atoms with Crippen LogP contribution in [0.2, 0.25) is 0 Å². The Morgan fingerprint density at radius 1 is 1.55 bits per heavy atom. The van der Waals surface area contributed by atoms with Crippen molar-refractivity contribution < 1.29 is 9.21 Å². The monoisotopic (exact) mass is 275 g/mol. The summed E-state index contributed by atoms with van der Waals surface area (Å²) in [6.45, 7) is 2.55. The van der Waals surface area contributed by atoms with Crippen LogP contribution in [-0.4, -0.2) is 31.6 Å².